The summed E-state index contributed by atoms with van der Waals surface area (Å²) >= 11 is 89.4. The zero-order chi connectivity index (χ0) is 75.0. The third-order valence-corrected chi connectivity index (χ3v) is 22.3. The maximum absolute atomic E-state index is 7.54. The summed E-state index contributed by atoms with van der Waals surface area (Å²) < 4.78 is 32.8. The lowest BCUT2D eigenvalue weighted by molar-refractivity contribution is 0.414. The highest BCUT2D eigenvalue weighted by molar-refractivity contribution is 6.53. The van der Waals surface area contributed by atoms with Crippen molar-refractivity contribution in [1.82, 2.24) is 0 Å². The van der Waals surface area contributed by atoms with Crippen molar-refractivity contribution < 1.29 is 28.4 Å². The predicted molar refractivity (Wildman–Crippen MR) is 441 cm³/mol. The lowest BCUT2D eigenvalue weighted by Crippen LogP contribution is -2.12. The first-order chi connectivity index (χ1) is 51.3. The van der Waals surface area contributed by atoms with Crippen molar-refractivity contribution in [3.63, 3.8) is 0 Å². The summed E-state index contributed by atoms with van der Waals surface area (Å²) in [4.78, 5) is 6.22. The number of anilines is 9. The van der Waals surface area contributed by atoms with E-state index >= 15 is 0 Å². The van der Waals surface area contributed by atoms with Crippen LogP contribution in [0.3, 0.4) is 0 Å². The van der Waals surface area contributed by atoms with Crippen molar-refractivity contribution in [3.05, 3.63) is 329 Å². The summed E-state index contributed by atoms with van der Waals surface area (Å²) in [7, 11) is 9.71. The first-order valence-electron chi connectivity index (χ1n) is 32.0. The highest BCUT2D eigenvalue weighted by Crippen LogP contribution is 2.58. The van der Waals surface area contributed by atoms with E-state index in [1.54, 1.807) is 42.7 Å². The van der Waals surface area contributed by atoms with Gasteiger partial charge in [0, 0.05) is 90.5 Å². The fourth-order valence-electron chi connectivity index (χ4n) is 11.7. The van der Waals surface area contributed by atoms with Gasteiger partial charge < -0.3 is 43.1 Å². The molecule has 106 heavy (non-hydrogen) atoms. The van der Waals surface area contributed by atoms with Crippen LogP contribution in [0, 0.1) is 35.5 Å². The molecule has 0 saturated carbocycles. The number of nitrogens with zero attached hydrogens (tertiary/aromatic N) is 3. The van der Waals surface area contributed by atoms with E-state index in [9.17, 15) is 0 Å². The Labute approximate surface area is 674 Å². The van der Waals surface area contributed by atoms with Crippen LogP contribution in [0.4, 0.5) is 51.2 Å². The zero-order valence-electron chi connectivity index (χ0n) is 56.7. The second-order valence-electron chi connectivity index (χ2n) is 23.2. The molecule has 0 amide bonds. The van der Waals surface area contributed by atoms with E-state index < -0.39 is 5.92 Å². The van der Waals surface area contributed by atoms with Gasteiger partial charge in [-0.25, -0.2) is 0 Å². The molecular formula is C85H55Cl12N3O6. The molecule has 0 aliphatic heterocycles. The molecule has 12 aromatic carbocycles. The number of hydrogen-bond donors (Lipinski definition) is 0. The van der Waals surface area contributed by atoms with Crippen molar-refractivity contribution >= 4 is 190 Å². The van der Waals surface area contributed by atoms with Crippen molar-refractivity contribution in [3.8, 4) is 70.0 Å². The van der Waals surface area contributed by atoms with Crippen LogP contribution in [0.5, 0.6) is 34.5 Å². The van der Waals surface area contributed by atoms with Crippen molar-refractivity contribution in [2.24, 2.45) is 0 Å². The normalized spacial score (nSPS) is 10.8. The minimum atomic E-state index is -1.46. The molecule has 0 aliphatic carbocycles. The highest BCUT2D eigenvalue weighted by atomic mass is 35.5. The first-order valence-corrected chi connectivity index (χ1v) is 36.5. The van der Waals surface area contributed by atoms with Gasteiger partial charge in [0.25, 0.3) is 0 Å². The Morgan fingerprint density at radius 3 is 0.481 bits per heavy atom. The molecule has 12 aromatic rings. The topological polar surface area (TPSA) is 65.1 Å². The largest absolute Gasteiger partial charge is 0.497 e. The second kappa shape index (κ2) is 34.3. The number of rotatable bonds is 18. The summed E-state index contributed by atoms with van der Waals surface area (Å²) in [5.74, 6) is 21.7. The average Bonchev–Trinajstić information content (AvgIpc) is 0.725. The second-order valence-corrected chi connectivity index (χ2v) is 27.7. The van der Waals surface area contributed by atoms with Gasteiger partial charge in [-0.05, 0) is 218 Å². The number of methoxy groups -OCH3 is 6. The molecule has 0 bridgehead atoms. The summed E-state index contributed by atoms with van der Waals surface area (Å²) in [5, 5.41) is -1.68. The van der Waals surface area contributed by atoms with Crippen LogP contribution in [-0.2, 0) is 0 Å². The summed E-state index contributed by atoms with van der Waals surface area (Å²) in [6.07, 6.45) is 0. The van der Waals surface area contributed by atoms with Gasteiger partial charge in [0.2, 0.25) is 0 Å². The Morgan fingerprint density at radius 1 is 0.198 bits per heavy atom. The number of hydrogen-bond acceptors (Lipinski definition) is 9. The summed E-state index contributed by atoms with van der Waals surface area (Å²) in [6, 6.07) is 68.9. The number of ether oxygens (including phenoxy) is 6. The molecule has 0 atom stereocenters. The Morgan fingerprint density at radius 2 is 0.340 bits per heavy atom. The summed E-state index contributed by atoms with van der Waals surface area (Å²) in [5.41, 5.74) is 9.66. The summed E-state index contributed by atoms with van der Waals surface area (Å²) in [6.45, 7) is 0. The third kappa shape index (κ3) is 16.1. The Kier molecular flexibility index (Phi) is 24.8. The highest BCUT2D eigenvalue weighted by Gasteiger charge is 2.38. The minimum absolute atomic E-state index is 0.00764. The van der Waals surface area contributed by atoms with Crippen LogP contribution < -0.4 is 43.1 Å². The Balaban J connectivity index is 0.942. The molecule has 0 saturated heterocycles. The minimum Gasteiger partial charge on any atom is -0.497 e. The molecule has 0 heterocycles. The molecular weight excluding hydrogens is 1580 g/mol. The Bertz CT molecular complexity index is 4680. The fourth-order valence-corrected chi connectivity index (χ4v) is 15.2. The van der Waals surface area contributed by atoms with Crippen molar-refractivity contribution in [2.45, 2.75) is 5.92 Å². The van der Waals surface area contributed by atoms with E-state index in [4.69, 9.17) is 168 Å². The van der Waals surface area contributed by atoms with Crippen molar-refractivity contribution in [1.29, 1.82) is 0 Å². The zero-order valence-corrected chi connectivity index (χ0v) is 65.8. The molecule has 0 N–H and O–H groups in total. The van der Waals surface area contributed by atoms with Gasteiger partial charge in [-0.2, -0.15) is 0 Å². The van der Waals surface area contributed by atoms with E-state index in [1.165, 1.54) is 0 Å². The van der Waals surface area contributed by atoms with Gasteiger partial charge in [-0.15, -0.1) is 0 Å². The Hall–Kier alpha value is -9.00. The van der Waals surface area contributed by atoms with Crippen LogP contribution >= 0.6 is 139 Å². The van der Waals surface area contributed by atoms with E-state index in [0.29, 0.717) is 51.2 Å². The van der Waals surface area contributed by atoms with Crippen LogP contribution in [0.15, 0.2) is 218 Å². The van der Waals surface area contributed by atoms with Gasteiger partial charge in [0.05, 0.1) is 120 Å². The molecule has 0 fully saturated rings. The predicted octanol–water partition coefficient (Wildman–Crippen LogP) is 27.4. The van der Waals surface area contributed by atoms with Gasteiger partial charge in [0.1, 0.15) is 34.5 Å². The molecule has 9 nitrogen and oxygen atoms in total. The molecule has 0 radical (unpaired) electrons. The van der Waals surface area contributed by atoms with Crippen LogP contribution in [-0.4, -0.2) is 42.7 Å². The quantitative estimate of drug-likeness (QED) is 0.0475. The third-order valence-electron chi connectivity index (χ3n) is 17.1. The molecule has 0 aromatic heterocycles. The van der Waals surface area contributed by atoms with Gasteiger partial charge in [-0.3, -0.25) is 0 Å². The van der Waals surface area contributed by atoms with Gasteiger partial charge in [0.15, 0.2) is 0 Å². The van der Waals surface area contributed by atoms with Crippen molar-refractivity contribution in [2.75, 3.05) is 57.4 Å². The lowest BCUT2D eigenvalue weighted by Gasteiger charge is -2.28. The SMILES string of the molecule is COc1ccc(N(c2ccc(C#Cc3c(Cl)c(Cl)c(C(c4c(Cl)c(Cl)c(C#Cc5ccc(N(c6ccc(OC)cc6)c6ccc(OC)cc6)cc5)c(Cl)c4Cl)c4c(Cl)c(Cl)c(C#Cc5ccc(N(c6ccc(OC)cc6)c6ccc(OC)cc6)cc5)c(Cl)c4Cl)c(Cl)c3Cl)cc2)c2ccc(OC)cc2)cc1. The van der Waals surface area contributed by atoms with Crippen LogP contribution in [0.2, 0.25) is 60.3 Å². The van der Waals surface area contributed by atoms with Crippen LogP contribution in [0.1, 0.15) is 56.0 Å². The van der Waals surface area contributed by atoms with Gasteiger partial charge >= 0.3 is 0 Å². The smallest absolute Gasteiger partial charge is 0.119 e. The van der Waals surface area contributed by atoms with E-state index in [-0.39, 0.29) is 93.7 Å². The first kappa shape index (κ1) is 76.6. The average molecular weight is 1640 g/mol. The van der Waals surface area contributed by atoms with Crippen LogP contribution in [0.25, 0.3) is 0 Å². The molecule has 21 heteroatoms. The standard InChI is InChI=1S/C85H55Cl12N3O6/c1-101-61-34-22-55(23-35-61)98(56-24-36-62(102-2)37-25-56)52-16-7-49(8-17-52)13-46-67-74(86)80(92)71(81(93)75(67)87)70(72-82(94)76(88)68(77(89)83(72)95)47-14-50-9-18-53(19-10-50)99(57-26-38-63(103-3)39-27-57)58-28-40-64(104-4)41-29-58)73-84(96)78(90)69(79(91)85(73)97)48-15-51-11-20-54(21-12-51)100(59-30-42-65(105-5)43-31-59)60-32-44-66(106-6)45-33-60/h7-12,16-45,70H,1-6H3. The molecule has 0 unspecified atom stereocenters. The molecule has 0 aliphatic rings. The molecule has 0 spiro atoms. The maximum atomic E-state index is 7.54. The van der Waals surface area contributed by atoms with E-state index in [2.05, 4.69) is 50.2 Å². The fraction of sp³-hybridized carbons (Fsp3) is 0.0824. The molecule has 530 valence electrons. The molecule has 12 rings (SSSR count). The number of halogens is 12. The van der Waals surface area contributed by atoms with E-state index in [1.807, 2.05) is 218 Å². The monoisotopic (exact) mass is 1630 g/mol. The number of benzene rings is 12. The lowest BCUT2D eigenvalue weighted by atomic mass is 9.83. The maximum Gasteiger partial charge on any atom is 0.119 e. The van der Waals surface area contributed by atoms with E-state index in [0.717, 1.165) is 51.2 Å². The van der Waals surface area contributed by atoms with Gasteiger partial charge in [-0.1, -0.05) is 175 Å².